The summed E-state index contributed by atoms with van der Waals surface area (Å²) < 4.78 is 21.7. The van der Waals surface area contributed by atoms with Gasteiger partial charge in [0.15, 0.2) is 0 Å². The predicted octanol–water partition coefficient (Wildman–Crippen LogP) is 1.36. The fraction of sp³-hybridized carbons (Fsp3) is 0.500. The van der Waals surface area contributed by atoms with Crippen molar-refractivity contribution in [3.8, 4) is 17.4 Å². The number of tetrazole rings is 1. The van der Waals surface area contributed by atoms with Crippen molar-refractivity contribution >= 4 is 0 Å². The van der Waals surface area contributed by atoms with E-state index in [0.29, 0.717) is 25.0 Å². The van der Waals surface area contributed by atoms with E-state index >= 15 is 0 Å². The number of benzene rings is 1. The maximum Gasteiger partial charge on any atom is 0.341 e. The lowest BCUT2D eigenvalue weighted by atomic mass is 10.1. The van der Waals surface area contributed by atoms with Crippen LogP contribution in [0.3, 0.4) is 0 Å². The molecule has 2 aliphatic heterocycles. The van der Waals surface area contributed by atoms with Crippen LogP contribution in [0, 0.1) is 5.92 Å². The molecule has 0 radical (unpaired) electrons. The lowest BCUT2D eigenvalue weighted by Crippen LogP contribution is -2.41. The zero-order valence-electron chi connectivity index (χ0n) is 16.4. The molecule has 4 heterocycles. The second-order valence-electron chi connectivity index (χ2n) is 8.09. The van der Waals surface area contributed by atoms with Gasteiger partial charge in [0.25, 0.3) is 0 Å². The Morgan fingerprint density at radius 1 is 1.10 bits per heavy atom. The summed E-state index contributed by atoms with van der Waals surface area (Å²) in [5.41, 5.74) is 0.996. The van der Waals surface area contributed by atoms with Gasteiger partial charge in [-0.25, -0.2) is 4.98 Å². The predicted molar refractivity (Wildman–Crippen MR) is 104 cm³/mol. The van der Waals surface area contributed by atoms with E-state index in [2.05, 4.69) is 25.8 Å². The van der Waals surface area contributed by atoms with Crippen LogP contribution in [-0.2, 0) is 9.47 Å². The molecule has 0 amide bonds. The minimum atomic E-state index is -0.113. The molecule has 4 unspecified atom stereocenters. The summed E-state index contributed by atoms with van der Waals surface area (Å²) in [7, 11) is 0. The molecule has 6 rings (SSSR count). The van der Waals surface area contributed by atoms with Crippen molar-refractivity contribution in [2.75, 3.05) is 19.8 Å². The van der Waals surface area contributed by atoms with E-state index in [1.807, 2.05) is 35.0 Å². The molecule has 3 aliphatic rings. The molecule has 10 nitrogen and oxygen atoms in total. The second-order valence-corrected chi connectivity index (χ2v) is 8.09. The van der Waals surface area contributed by atoms with Gasteiger partial charge in [-0.2, -0.15) is 4.68 Å². The quantitative estimate of drug-likeness (QED) is 0.624. The van der Waals surface area contributed by atoms with E-state index < -0.39 is 0 Å². The van der Waals surface area contributed by atoms with Crippen LogP contribution in [0.1, 0.15) is 18.9 Å². The number of hydrogen-bond donors (Lipinski definition) is 1. The van der Waals surface area contributed by atoms with Gasteiger partial charge >= 0.3 is 6.01 Å². The van der Waals surface area contributed by atoms with Crippen LogP contribution in [0.5, 0.6) is 11.8 Å². The average Bonchev–Trinajstić information content (AvgIpc) is 3.21. The monoisotopic (exact) mass is 409 g/mol. The number of imidazole rings is 1. The maximum atomic E-state index is 6.07. The van der Waals surface area contributed by atoms with E-state index in [4.69, 9.17) is 14.2 Å². The highest BCUT2D eigenvalue weighted by molar-refractivity contribution is 5.38. The van der Waals surface area contributed by atoms with Gasteiger partial charge < -0.3 is 24.1 Å². The molecule has 4 atom stereocenters. The minimum absolute atomic E-state index is 0.0141. The van der Waals surface area contributed by atoms with Crippen molar-refractivity contribution in [3.05, 3.63) is 43.0 Å². The first kappa shape index (κ1) is 18.0. The molecule has 0 bridgehead atoms. The SMILES string of the molecule is c1cn(-c2ccc(Oc3nnnn3C3COC4C(NCC5CC5)COC43)cc2)cn1. The van der Waals surface area contributed by atoms with Crippen LogP contribution in [0.25, 0.3) is 5.69 Å². The van der Waals surface area contributed by atoms with Crippen LogP contribution in [0.4, 0.5) is 0 Å². The molecule has 3 aromatic rings. The Morgan fingerprint density at radius 2 is 1.97 bits per heavy atom. The van der Waals surface area contributed by atoms with Gasteiger partial charge in [0, 0.05) is 18.1 Å². The van der Waals surface area contributed by atoms with Crippen LogP contribution in [-0.4, -0.2) is 67.8 Å². The normalized spacial score (nSPS) is 28.0. The Bertz CT molecular complexity index is 986. The third-order valence-electron chi connectivity index (χ3n) is 6.02. The van der Waals surface area contributed by atoms with Crippen molar-refractivity contribution in [2.24, 2.45) is 5.92 Å². The number of hydrogen-bond acceptors (Lipinski definition) is 8. The Labute approximate surface area is 173 Å². The number of aromatic nitrogens is 6. The third kappa shape index (κ3) is 3.36. The lowest BCUT2D eigenvalue weighted by molar-refractivity contribution is 0.0611. The summed E-state index contributed by atoms with van der Waals surface area (Å²) in [5.74, 6) is 1.47. The maximum absolute atomic E-state index is 6.07. The van der Waals surface area contributed by atoms with Crippen LogP contribution in [0.2, 0.25) is 0 Å². The first-order chi connectivity index (χ1) is 14.8. The highest BCUT2D eigenvalue weighted by atomic mass is 16.6. The van der Waals surface area contributed by atoms with Gasteiger partial charge in [-0.15, -0.1) is 0 Å². The first-order valence-corrected chi connectivity index (χ1v) is 10.4. The van der Waals surface area contributed by atoms with Gasteiger partial charge in [0.05, 0.1) is 25.6 Å². The molecule has 2 aromatic heterocycles. The first-order valence-electron chi connectivity index (χ1n) is 10.4. The average molecular weight is 409 g/mol. The molecule has 30 heavy (non-hydrogen) atoms. The highest BCUT2D eigenvalue weighted by Gasteiger charge is 2.49. The Balaban J connectivity index is 1.15. The van der Waals surface area contributed by atoms with Crippen LogP contribution >= 0.6 is 0 Å². The zero-order chi connectivity index (χ0) is 19.9. The minimum Gasteiger partial charge on any atom is -0.423 e. The van der Waals surface area contributed by atoms with Gasteiger partial charge in [-0.1, -0.05) is 5.10 Å². The zero-order valence-corrected chi connectivity index (χ0v) is 16.4. The van der Waals surface area contributed by atoms with Crippen LogP contribution < -0.4 is 10.1 Å². The molecule has 1 N–H and O–H groups in total. The summed E-state index contributed by atoms with van der Waals surface area (Å²) in [4.78, 5) is 4.07. The highest BCUT2D eigenvalue weighted by Crippen LogP contribution is 2.36. The molecule has 3 fully saturated rings. The third-order valence-corrected chi connectivity index (χ3v) is 6.02. The molecule has 1 aromatic carbocycles. The summed E-state index contributed by atoms with van der Waals surface area (Å²) >= 11 is 0. The summed E-state index contributed by atoms with van der Waals surface area (Å²) in [6, 6.07) is 8.11. The van der Waals surface area contributed by atoms with Crippen molar-refractivity contribution in [1.29, 1.82) is 0 Å². The van der Waals surface area contributed by atoms with E-state index in [-0.39, 0.29) is 24.3 Å². The van der Waals surface area contributed by atoms with Crippen molar-refractivity contribution in [3.63, 3.8) is 0 Å². The van der Waals surface area contributed by atoms with E-state index in [9.17, 15) is 0 Å². The van der Waals surface area contributed by atoms with Crippen molar-refractivity contribution in [1.82, 2.24) is 35.1 Å². The second kappa shape index (κ2) is 7.46. The largest absolute Gasteiger partial charge is 0.423 e. The van der Waals surface area contributed by atoms with E-state index in [1.165, 1.54) is 12.8 Å². The number of rotatable bonds is 7. The van der Waals surface area contributed by atoms with Crippen molar-refractivity contribution < 1.29 is 14.2 Å². The molecule has 2 saturated heterocycles. The fourth-order valence-corrected chi connectivity index (χ4v) is 4.17. The summed E-state index contributed by atoms with van der Waals surface area (Å²) in [5, 5.41) is 15.7. The number of nitrogens with zero attached hydrogens (tertiary/aromatic N) is 6. The van der Waals surface area contributed by atoms with Gasteiger partial charge in [-0.3, -0.25) is 0 Å². The Hall–Kier alpha value is -2.82. The molecule has 156 valence electrons. The van der Waals surface area contributed by atoms with Crippen LogP contribution in [0.15, 0.2) is 43.0 Å². The van der Waals surface area contributed by atoms with E-state index in [1.54, 1.807) is 17.2 Å². The Morgan fingerprint density at radius 3 is 2.77 bits per heavy atom. The Kier molecular flexibility index (Phi) is 4.47. The van der Waals surface area contributed by atoms with Gasteiger partial charge in [0.2, 0.25) is 0 Å². The van der Waals surface area contributed by atoms with Gasteiger partial charge in [0.1, 0.15) is 24.0 Å². The smallest absolute Gasteiger partial charge is 0.341 e. The molecule has 1 aliphatic carbocycles. The van der Waals surface area contributed by atoms with Crippen molar-refractivity contribution in [2.45, 2.75) is 37.1 Å². The molecule has 10 heteroatoms. The number of nitrogens with one attached hydrogen (secondary N) is 1. The number of ether oxygens (including phenoxy) is 3. The topological polar surface area (TPSA) is 101 Å². The lowest BCUT2D eigenvalue weighted by Gasteiger charge is -2.18. The summed E-state index contributed by atoms with van der Waals surface area (Å²) in [6.45, 7) is 2.18. The fourth-order valence-electron chi connectivity index (χ4n) is 4.17. The molecule has 1 saturated carbocycles. The number of fused-ring (bicyclic) bond motifs is 1. The molecular formula is C20H23N7O3. The molecule has 0 spiro atoms. The standard InChI is InChI=1S/C20H23N7O3/c1-2-13(1)9-22-16-10-28-19-17(11-29-18(16)19)27-20(23-24-25-27)30-15-5-3-14(4-6-15)26-8-7-21-12-26/h3-8,12-13,16-19,22H,1-2,9-11H2. The molecular weight excluding hydrogens is 386 g/mol. The van der Waals surface area contributed by atoms with E-state index in [0.717, 1.165) is 18.2 Å². The van der Waals surface area contributed by atoms with Gasteiger partial charge in [-0.05, 0) is 60.0 Å². The summed E-state index contributed by atoms with van der Waals surface area (Å²) in [6.07, 6.45) is 7.96.